The van der Waals surface area contributed by atoms with Gasteiger partial charge < -0.3 is 9.51 Å². The van der Waals surface area contributed by atoms with Gasteiger partial charge in [-0.2, -0.15) is 0 Å². The monoisotopic (exact) mass is 373 g/mol. The molecule has 6 nitrogen and oxygen atoms in total. The second-order valence-corrected chi connectivity index (χ2v) is 7.56. The Morgan fingerprint density at radius 3 is 3.00 bits per heavy atom. The normalized spacial score (nSPS) is 17.6. The highest BCUT2D eigenvalue weighted by atomic mass is 16.5. The number of H-pyrrole nitrogens is 1. The van der Waals surface area contributed by atoms with Crippen molar-refractivity contribution >= 4 is 10.9 Å². The van der Waals surface area contributed by atoms with E-state index in [1.807, 2.05) is 26.2 Å². The van der Waals surface area contributed by atoms with E-state index in [1.54, 1.807) is 6.20 Å². The van der Waals surface area contributed by atoms with E-state index in [-0.39, 0.29) is 6.04 Å². The Morgan fingerprint density at radius 2 is 2.14 bits per heavy atom. The van der Waals surface area contributed by atoms with Gasteiger partial charge in [-0.1, -0.05) is 17.3 Å². The average molecular weight is 373 g/mol. The van der Waals surface area contributed by atoms with Crippen LogP contribution < -0.4 is 0 Å². The second kappa shape index (κ2) is 6.87. The lowest BCUT2D eigenvalue weighted by atomic mass is 10.1. The van der Waals surface area contributed by atoms with Crippen molar-refractivity contribution in [3.63, 3.8) is 0 Å². The van der Waals surface area contributed by atoms with Crippen molar-refractivity contribution in [1.29, 1.82) is 0 Å². The summed E-state index contributed by atoms with van der Waals surface area (Å²) < 4.78 is 5.31. The molecule has 142 valence electrons. The van der Waals surface area contributed by atoms with Crippen molar-refractivity contribution in [3.8, 4) is 11.3 Å². The second-order valence-electron chi connectivity index (χ2n) is 7.56. The summed E-state index contributed by atoms with van der Waals surface area (Å²) in [5.74, 6) is 0.784. The Labute approximate surface area is 163 Å². The standard InChI is InChI=1S/C22H23N5O/c1-14-22(15(2)28-26-14)20-12-23-11-19(25-20)21-4-3-9-27(21)13-16-5-6-17-7-8-24-18(17)10-16/h5-8,10-12,21,24H,3-4,9,13H2,1-2H3/t21-/m0/s1. The number of fused-ring (bicyclic) bond motifs is 1. The van der Waals surface area contributed by atoms with Crippen LogP contribution in [0.4, 0.5) is 0 Å². The maximum Gasteiger partial charge on any atom is 0.143 e. The van der Waals surface area contributed by atoms with Gasteiger partial charge in [-0.05, 0) is 56.3 Å². The number of rotatable bonds is 4. The van der Waals surface area contributed by atoms with Crippen LogP contribution >= 0.6 is 0 Å². The van der Waals surface area contributed by atoms with E-state index in [0.29, 0.717) is 0 Å². The first-order valence-electron chi connectivity index (χ1n) is 9.74. The number of aromatic amines is 1. The lowest BCUT2D eigenvalue weighted by molar-refractivity contribution is 0.244. The van der Waals surface area contributed by atoms with Gasteiger partial charge in [-0.15, -0.1) is 0 Å². The predicted octanol–water partition coefficient (Wildman–Crippen LogP) is 4.57. The molecule has 3 aromatic heterocycles. The van der Waals surface area contributed by atoms with Crippen LogP contribution in [-0.2, 0) is 6.54 Å². The molecular weight excluding hydrogens is 350 g/mol. The number of hydrogen-bond donors (Lipinski definition) is 1. The number of aryl methyl sites for hydroxylation is 2. The van der Waals surface area contributed by atoms with Crippen molar-refractivity contribution in [2.45, 2.75) is 39.3 Å². The molecular formula is C22H23N5O. The molecule has 1 aromatic carbocycles. The van der Waals surface area contributed by atoms with Crippen LogP contribution in [-0.4, -0.2) is 31.6 Å². The zero-order valence-electron chi connectivity index (χ0n) is 16.1. The zero-order chi connectivity index (χ0) is 19.1. The molecule has 0 unspecified atom stereocenters. The van der Waals surface area contributed by atoms with E-state index in [4.69, 9.17) is 9.51 Å². The minimum Gasteiger partial charge on any atom is -0.361 e. The van der Waals surface area contributed by atoms with Crippen molar-refractivity contribution in [2.24, 2.45) is 0 Å². The first-order valence-corrected chi connectivity index (χ1v) is 9.74. The minimum absolute atomic E-state index is 0.285. The summed E-state index contributed by atoms with van der Waals surface area (Å²) in [4.78, 5) is 15.2. The summed E-state index contributed by atoms with van der Waals surface area (Å²) in [6.45, 7) is 5.85. The topological polar surface area (TPSA) is 70.8 Å². The third-order valence-corrected chi connectivity index (χ3v) is 5.65. The number of benzene rings is 1. The number of aromatic nitrogens is 4. The molecule has 1 N–H and O–H groups in total. The van der Waals surface area contributed by atoms with Crippen molar-refractivity contribution in [1.82, 2.24) is 25.0 Å². The highest BCUT2D eigenvalue weighted by Crippen LogP contribution is 2.34. The third-order valence-electron chi connectivity index (χ3n) is 5.65. The molecule has 4 heterocycles. The summed E-state index contributed by atoms with van der Waals surface area (Å²) in [5, 5.41) is 5.30. The molecule has 5 rings (SSSR count). The Morgan fingerprint density at radius 1 is 1.21 bits per heavy atom. The first kappa shape index (κ1) is 17.1. The highest BCUT2D eigenvalue weighted by molar-refractivity contribution is 5.79. The van der Waals surface area contributed by atoms with Crippen LogP contribution in [0.3, 0.4) is 0 Å². The first-order chi connectivity index (χ1) is 13.7. The molecule has 1 aliphatic heterocycles. The number of likely N-dealkylation sites (tertiary alicyclic amines) is 1. The lowest BCUT2D eigenvalue weighted by Gasteiger charge is -2.24. The van der Waals surface area contributed by atoms with Crippen LogP contribution in [0.15, 0.2) is 47.4 Å². The molecule has 1 fully saturated rings. The zero-order valence-corrected chi connectivity index (χ0v) is 16.1. The molecule has 0 amide bonds. The quantitative estimate of drug-likeness (QED) is 0.567. The van der Waals surface area contributed by atoms with Gasteiger partial charge in [0, 0.05) is 18.3 Å². The van der Waals surface area contributed by atoms with Crippen LogP contribution in [0.5, 0.6) is 0 Å². The number of nitrogens with zero attached hydrogens (tertiary/aromatic N) is 4. The Bertz CT molecular complexity index is 1110. The third kappa shape index (κ3) is 2.99. The lowest BCUT2D eigenvalue weighted by Crippen LogP contribution is -2.23. The van der Waals surface area contributed by atoms with Gasteiger partial charge in [0.05, 0.1) is 41.1 Å². The van der Waals surface area contributed by atoms with Crippen LogP contribution in [0.2, 0.25) is 0 Å². The molecule has 0 saturated carbocycles. The fraction of sp³-hybridized carbons (Fsp3) is 0.318. The molecule has 6 heteroatoms. The molecule has 0 aliphatic carbocycles. The number of hydrogen-bond acceptors (Lipinski definition) is 5. The van der Waals surface area contributed by atoms with E-state index in [2.05, 4.69) is 44.3 Å². The molecule has 28 heavy (non-hydrogen) atoms. The van der Waals surface area contributed by atoms with Gasteiger partial charge in [0.2, 0.25) is 0 Å². The fourth-order valence-corrected chi connectivity index (χ4v) is 4.29. The Kier molecular flexibility index (Phi) is 4.20. The molecule has 4 aromatic rings. The molecule has 1 atom stereocenters. The summed E-state index contributed by atoms with van der Waals surface area (Å²) in [6.07, 6.45) is 7.97. The van der Waals surface area contributed by atoms with Crippen molar-refractivity contribution in [2.75, 3.05) is 6.54 Å². The van der Waals surface area contributed by atoms with Gasteiger partial charge in [0.25, 0.3) is 0 Å². The van der Waals surface area contributed by atoms with E-state index >= 15 is 0 Å². The number of nitrogens with one attached hydrogen (secondary N) is 1. The molecule has 0 bridgehead atoms. The summed E-state index contributed by atoms with van der Waals surface area (Å²) in [5.41, 5.74) is 6.18. The highest BCUT2D eigenvalue weighted by Gasteiger charge is 2.28. The van der Waals surface area contributed by atoms with E-state index in [0.717, 1.165) is 47.9 Å². The predicted molar refractivity (Wildman–Crippen MR) is 108 cm³/mol. The van der Waals surface area contributed by atoms with E-state index < -0.39 is 0 Å². The Balaban J connectivity index is 1.43. The minimum atomic E-state index is 0.285. The summed E-state index contributed by atoms with van der Waals surface area (Å²) in [7, 11) is 0. The molecule has 1 saturated heterocycles. The van der Waals surface area contributed by atoms with Crippen LogP contribution in [0.25, 0.3) is 22.2 Å². The fourth-order valence-electron chi connectivity index (χ4n) is 4.29. The van der Waals surface area contributed by atoms with E-state index in [1.165, 1.54) is 22.9 Å². The SMILES string of the molecule is Cc1noc(C)c1-c1cncc([C@@H]2CCCN2Cc2ccc3cc[nH]c3c2)n1. The largest absolute Gasteiger partial charge is 0.361 e. The van der Waals surface area contributed by atoms with Crippen molar-refractivity contribution < 1.29 is 4.52 Å². The molecule has 0 radical (unpaired) electrons. The van der Waals surface area contributed by atoms with Gasteiger partial charge in [0.1, 0.15) is 5.76 Å². The van der Waals surface area contributed by atoms with Crippen LogP contribution in [0.1, 0.15) is 41.6 Å². The Hall–Kier alpha value is -2.99. The van der Waals surface area contributed by atoms with Gasteiger partial charge in [0.15, 0.2) is 0 Å². The molecule has 0 spiro atoms. The maximum absolute atomic E-state index is 5.31. The van der Waals surface area contributed by atoms with Gasteiger partial charge >= 0.3 is 0 Å². The van der Waals surface area contributed by atoms with Gasteiger partial charge in [-0.3, -0.25) is 9.88 Å². The molecule has 1 aliphatic rings. The van der Waals surface area contributed by atoms with Gasteiger partial charge in [-0.25, -0.2) is 4.98 Å². The average Bonchev–Trinajstić information content (AvgIpc) is 3.42. The maximum atomic E-state index is 5.31. The van der Waals surface area contributed by atoms with Crippen LogP contribution in [0, 0.1) is 13.8 Å². The smallest absolute Gasteiger partial charge is 0.143 e. The van der Waals surface area contributed by atoms with E-state index in [9.17, 15) is 0 Å². The van der Waals surface area contributed by atoms with Crippen molar-refractivity contribution in [3.05, 3.63) is 65.6 Å². The summed E-state index contributed by atoms with van der Waals surface area (Å²) >= 11 is 0. The summed E-state index contributed by atoms with van der Waals surface area (Å²) in [6, 6.07) is 9.04.